The molecule has 23 heavy (non-hydrogen) atoms. The minimum atomic E-state index is -0.266. The van der Waals surface area contributed by atoms with E-state index in [2.05, 4.69) is 27.1 Å². The van der Waals surface area contributed by atoms with E-state index >= 15 is 0 Å². The van der Waals surface area contributed by atoms with E-state index in [1.807, 2.05) is 6.92 Å². The number of aromatic nitrogens is 1. The molecule has 1 saturated heterocycles. The molecule has 1 aromatic carbocycles. The summed E-state index contributed by atoms with van der Waals surface area (Å²) in [6.45, 7) is 5.82. The molecule has 2 aliphatic rings. The SMILES string of the molecule is Cc1nc2c(s1)Nc1cc(F)ccc1N=C2N1CCN(C)CC1. The number of fused-ring (bicyclic) bond motifs is 2. The van der Waals surface area contributed by atoms with Crippen LogP contribution in [0.1, 0.15) is 10.7 Å². The van der Waals surface area contributed by atoms with E-state index < -0.39 is 0 Å². The lowest BCUT2D eigenvalue weighted by molar-refractivity contribution is 0.215. The first-order valence-corrected chi connectivity index (χ1v) is 8.48. The molecule has 1 aromatic heterocycles. The Morgan fingerprint density at radius 1 is 1.22 bits per heavy atom. The quantitative estimate of drug-likeness (QED) is 0.806. The van der Waals surface area contributed by atoms with E-state index in [9.17, 15) is 4.39 Å². The first kappa shape index (κ1) is 14.6. The molecule has 0 aliphatic carbocycles. The van der Waals surface area contributed by atoms with Gasteiger partial charge < -0.3 is 15.1 Å². The van der Waals surface area contributed by atoms with Crippen LogP contribution in [-0.4, -0.2) is 53.8 Å². The number of halogens is 1. The highest BCUT2D eigenvalue weighted by Crippen LogP contribution is 2.38. The van der Waals surface area contributed by atoms with Crippen molar-refractivity contribution in [3.05, 3.63) is 34.7 Å². The van der Waals surface area contributed by atoms with Crippen LogP contribution in [-0.2, 0) is 0 Å². The Kier molecular flexibility index (Phi) is 3.54. The standard InChI is InChI=1S/C16H18FN5S/c1-10-18-14-15(22-7-5-21(2)6-8-22)19-12-4-3-11(17)9-13(12)20-16(14)23-10/h3-4,9,20H,5-8H2,1-2H3. The molecule has 2 aromatic rings. The molecule has 0 radical (unpaired) electrons. The molecule has 0 atom stereocenters. The Morgan fingerprint density at radius 2 is 2.00 bits per heavy atom. The van der Waals surface area contributed by atoms with E-state index in [1.54, 1.807) is 17.4 Å². The van der Waals surface area contributed by atoms with Gasteiger partial charge in [0, 0.05) is 26.2 Å². The third-order valence-corrected chi connectivity index (χ3v) is 5.07. The highest BCUT2D eigenvalue weighted by Gasteiger charge is 2.26. The molecule has 5 nitrogen and oxygen atoms in total. The number of nitrogens with zero attached hydrogens (tertiary/aromatic N) is 4. The van der Waals surface area contributed by atoms with Crippen LogP contribution in [0.25, 0.3) is 0 Å². The average molecular weight is 331 g/mol. The number of anilines is 2. The molecule has 0 saturated carbocycles. The van der Waals surface area contributed by atoms with Gasteiger partial charge in [-0.2, -0.15) is 0 Å². The number of hydrogen-bond acceptors (Lipinski definition) is 6. The first-order chi connectivity index (χ1) is 11.1. The van der Waals surface area contributed by atoms with Gasteiger partial charge in [0.25, 0.3) is 0 Å². The third kappa shape index (κ3) is 2.70. The van der Waals surface area contributed by atoms with Gasteiger partial charge in [0.1, 0.15) is 16.5 Å². The van der Waals surface area contributed by atoms with Crippen LogP contribution >= 0.6 is 11.3 Å². The molecule has 120 valence electrons. The van der Waals surface area contributed by atoms with Crippen molar-refractivity contribution in [1.82, 2.24) is 14.8 Å². The molecule has 0 bridgehead atoms. The van der Waals surface area contributed by atoms with Gasteiger partial charge in [-0.1, -0.05) is 0 Å². The molecule has 0 unspecified atom stereocenters. The Bertz CT molecular complexity index is 777. The predicted molar refractivity (Wildman–Crippen MR) is 91.8 cm³/mol. The lowest BCUT2D eigenvalue weighted by Crippen LogP contribution is -2.47. The fourth-order valence-corrected chi connectivity index (χ4v) is 3.72. The van der Waals surface area contributed by atoms with E-state index in [-0.39, 0.29) is 5.82 Å². The van der Waals surface area contributed by atoms with Gasteiger partial charge in [0.2, 0.25) is 0 Å². The molecular formula is C16H18FN5S. The number of aryl methyl sites for hydroxylation is 1. The van der Waals surface area contributed by atoms with Crippen molar-refractivity contribution in [3.63, 3.8) is 0 Å². The van der Waals surface area contributed by atoms with Gasteiger partial charge in [-0.15, -0.1) is 11.3 Å². The fraction of sp³-hybridized carbons (Fsp3) is 0.375. The Balaban J connectivity index is 1.82. The van der Waals surface area contributed by atoms with Gasteiger partial charge in [0.15, 0.2) is 5.84 Å². The fourth-order valence-electron chi connectivity index (χ4n) is 2.90. The second-order valence-corrected chi connectivity index (χ2v) is 7.13. The Hall–Kier alpha value is -1.99. The summed E-state index contributed by atoms with van der Waals surface area (Å²) in [4.78, 5) is 14.1. The molecule has 0 amide bonds. The zero-order valence-corrected chi connectivity index (χ0v) is 14.0. The van der Waals surface area contributed by atoms with Gasteiger partial charge in [-0.25, -0.2) is 14.4 Å². The summed E-state index contributed by atoms with van der Waals surface area (Å²) in [7, 11) is 2.13. The van der Waals surface area contributed by atoms with Gasteiger partial charge >= 0.3 is 0 Å². The molecule has 1 N–H and O–H groups in total. The first-order valence-electron chi connectivity index (χ1n) is 7.67. The lowest BCUT2D eigenvalue weighted by atomic mass is 10.2. The highest BCUT2D eigenvalue weighted by molar-refractivity contribution is 7.16. The van der Waals surface area contributed by atoms with Gasteiger partial charge in [0.05, 0.1) is 16.4 Å². The summed E-state index contributed by atoms with van der Waals surface area (Å²) in [5, 5.41) is 5.22. The number of thiazole rings is 1. The van der Waals surface area contributed by atoms with E-state index in [4.69, 9.17) is 4.99 Å². The van der Waals surface area contributed by atoms with Crippen molar-refractivity contribution < 1.29 is 4.39 Å². The average Bonchev–Trinajstić information content (AvgIpc) is 2.81. The van der Waals surface area contributed by atoms with Gasteiger partial charge in [-0.05, 0) is 32.2 Å². The number of hydrogen-bond donors (Lipinski definition) is 1. The van der Waals surface area contributed by atoms with Crippen molar-refractivity contribution in [3.8, 4) is 0 Å². The molecule has 4 rings (SSSR count). The number of piperazine rings is 1. The van der Waals surface area contributed by atoms with E-state index in [0.717, 1.165) is 53.4 Å². The largest absolute Gasteiger partial charge is 0.352 e. The normalized spacial score (nSPS) is 17.9. The molecule has 3 heterocycles. The minimum absolute atomic E-state index is 0.266. The zero-order valence-electron chi connectivity index (χ0n) is 13.1. The van der Waals surface area contributed by atoms with Gasteiger partial charge in [-0.3, -0.25) is 0 Å². The smallest absolute Gasteiger partial charge is 0.158 e. The van der Waals surface area contributed by atoms with Crippen LogP contribution in [0.5, 0.6) is 0 Å². The van der Waals surface area contributed by atoms with Crippen molar-refractivity contribution in [2.45, 2.75) is 6.92 Å². The summed E-state index contributed by atoms with van der Waals surface area (Å²) in [5.74, 6) is 0.618. The molecule has 0 spiro atoms. The number of nitrogens with one attached hydrogen (secondary N) is 1. The number of rotatable bonds is 0. The number of amidine groups is 1. The van der Waals surface area contributed by atoms with E-state index in [1.165, 1.54) is 12.1 Å². The minimum Gasteiger partial charge on any atom is -0.352 e. The van der Waals surface area contributed by atoms with Crippen molar-refractivity contribution >= 4 is 33.5 Å². The lowest BCUT2D eigenvalue weighted by Gasteiger charge is -2.34. The van der Waals surface area contributed by atoms with Crippen LogP contribution in [0, 0.1) is 12.7 Å². The number of aliphatic imine (C=N–C) groups is 1. The number of likely N-dealkylation sites (N-methyl/N-ethyl adjacent to an activating group) is 1. The highest BCUT2D eigenvalue weighted by atomic mass is 32.1. The second kappa shape index (κ2) is 5.58. The summed E-state index contributed by atoms with van der Waals surface area (Å²) >= 11 is 1.58. The molecule has 1 fully saturated rings. The molecule has 7 heteroatoms. The topological polar surface area (TPSA) is 43.8 Å². The number of benzene rings is 1. The summed E-state index contributed by atoms with van der Waals surface area (Å²) in [6, 6.07) is 4.66. The summed E-state index contributed by atoms with van der Waals surface area (Å²) in [6.07, 6.45) is 0. The van der Waals surface area contributed by atoms with Crippen molar-refractivity contribution in [2.75, 3.05) is 38.5 Å². The van der Waals surface area contributed by atoms with E-state index in [0.29, 0.717) is 5.69 Å². The van der Waals surface area contributed by atoms with Crippen molar-refractivity contribution in [1.29, 1.82) is 0 Å². The van der Waals surface area contributed by atoms with Crippen LogP contribution in [0.15, 0.2) is 23.2 Å². The van der Waals surface area contributed by atoms with Crippen molar-refractivity contribution in [2.24, 2.45) is 4.99 Å². The Morgan fingerprint density at radius 3 is 2.78 bits per heavy atom. The summed E-state index contributed by atoms with van der Waals surface area (Å²) < 4.78 is 13.6. The predicted octanol–water partition coefficient (Wildman–Crippen LogP) is 2.97. The summed E-state index contributed by atoms with van der Waals surface area (Å²) in [5.41, 5.74) is 2.32. The maximum absolute atomic E-state index is 13.6. The van der Waals surface area contributed by atoms with Crippen LogP contribution in [0.4, 0.5) is 20.8 Å². The molecular weight excluding hydrogens is 313 g/mol. The third-order valence-electron chi connectivity index (χ3n) is 4.18. The van der Waals surface area contributed by atoms with Crippen LogP contribution in [0.2, 0.25) is 0 Å². The van der Waals surface area contributed by atoms with Crippen LogP contribution in [0.3, 0.4) is 0 Å². The maximum atomic E-state index is 13.6. The van der Waals surface area contributed by atoms with Crippen LogP contribution < -0.4 is 5.32 Å². The second-order valence-electron chi connectivity index (χ2n) is 5.92. The zero-order chi connectivity index (χ0) is 16.0. The monoisotopic (exact) mass is 331 g/mol. The Labute approximate surface area is 138 Å². The maximum Gasteiger partial charge on any atom is 0.158 e. The molecule has 2 aliphatic heterocycles.